The number of amides is 2. The molecule has 37 heavy (non-hydrogen) atoms. The number of halogens is 3. The van der Waals surface area contributed by atoms with Gasteiger partial charge in [0.05, 0.1) is 23.9 Å². The van der Waals surface area contributed by atoms with Crippen molar-refractivity contribution >= 4 is 57.5 Å². The molecule has 4 heterocycles. The molecule has 1 aromatic carbocycles. The van der Waals surface area contributed by atoms with Crippen LogP contribution < -0.4 is 10.6 Å². The lowest BCUT2D eigenvalue weighted by atomic mass is 9.80. The maximum Gasteiger partial charge on any atom is 0.333 e. The standard InChI is InChI=1S/C23H21ClF2N6O3S2/c1-12-7-14-9-37-22(29-18(33)13-5-3-2-4-6-13)30-23(14,11-35-12)20-28-16(10-36-20)27-19(34)17-15(24)8-32(31-17)21(25)26/h2-6,8,10,12,14,21H,7,9,11H2,1H3,(H,27,34)(H,29,30,33)/t12-,14-,23?/m0/s1. The van der Waals surface area contributed by atoms with Crippen LogP contribution in [0.15, 0.2) is 46.9 Å². The highest BCUT2D eigenvalue weighted by atomic mass is 35.5. The van der Waals surface area contributed by atoms with Crippen LogP contribution in [0.25, 0.3) is 0 Å². The van der Waals surface area contributed by atoms with Crippen LogP contribution in [0.3, 0.4) is 0 Å². The van der Waals surface area contributed by atoms with Crippen molar-refractivity contribution in [1.82, 2.24) is 20.1 Å². The van der Waals surface area contributed by atoms with Gasteiger partial charge in [0.2, 0.25) is 0 Å². The number of hydrogen-bond donors (Lipinski definition) is 2. The van der Waals surface area contributed by atoms with Gasteiger partial charge >= 0.3 is 6.55 Å². The Morgan fingerprint density at radius 3 is 2.76 bits per heavy atom. The first-order chi connectivity index (χ1) is 17.7. The van der Waals surface area contributed by atoms with E-state index in [1.807, 2.05) is 13.0 Å². The molecule has 14 heteroatoms. The Bertz CT molecular complexity index is 1350. The van der Waals surface area contributed by atoms with E-state index in [1.54, 1.807) is 29.6 Å². The second-order valence-corrected chi connectivity index (χ2v) is 10.9. The maximum atomic E-state index is 12.9. The van der Waals surface area contributed by atoms with Crippen molar-refractivity contribution in [1.29, 1.82) is 0 Å². The number of anilines is 1. The summed E-state index contributed by atoms with van der Waals surface area (Å²) >= 11 is 8.68. The van der Waals surface area contributed by atoms with Gasteiger partial charge in [0.15, 0.2) is 10.9 Å². The number of amidine groups is 1. The molecule has 2 aliphatic heterocycles. The van der Waals surface area contributed by atoms with E-state index in [0.717, 1.165) is 12.6 Å². The number of thiazole rings is 1. The predicted octanol–water partition coefficient (Wildman–Crippen LogP) is 4.79. The third-order valence-electron chi connectivity index (χ3n) is 6.08. The van der Waals surface area contributed by atoms with E-state index in [1.165, 1.54) is 23.1 Å². The van der Waals surface area contributed by atoms with E-state index in [-0.39, 0.29) is 41.1 Å². The van der Waals surface area contributed by atoms with Crippen LogP contribution in [-0.2, 0) is 10.3 Å². The summed E-state index contributed by atoms with van der Waals surface area (Å²) in [5.41, 5.74) is -0.664. The van der Waals surface area contributed by atoms with Gasteiger partial charge in [-0.1, -0.05) is 41.6 Å². The van der Waals surface area contributed by atoms with Crippen LogP contribution in [-0.4, -0.2) is 50.2 Å². The minimum Gasteiger partial charge on any atom is -0.375 e. The van der Waals surface area contributed by atoms with Crippen LogP contribution >= 0.6 is 34.7 Å². The largest absolute Gasteiger partial charge is 0.375 e. The number of carbonyl (C=O) groups is 2. The van der Waals surface area contributed by atoms with Gasteiger partial charge in [-0.25, -0.2) is 14.7 Å². The van der Waals surface area contributed by atoms with Crippen LogP contribution in [0.4, 0.5) is 14.6 Å². The molecule has 2 amide bonds. The Hall–Kier alpha value is -2.87. The number of fused-ring (bicyclic) bond motifs is 1. The number of benzene rings is 1. The molecular formula is C23H21ClF2N6O3S2. The zero-order valence-corrected chi connectivity index (χ0v) is 21.7. The summed E-state index contributed by atoms with van der Waals surface area (Å²) in [5.74, 6) is -0.0314. The van der Waals surface area contributed by atoms with Crippen LogP contribution in [0.2, 0.25) is 5.02 Å². The fourth-order valence-electron chi connectivity index (χ4n) is 4.21. The molecule has 0 radical (unpaired) electrons. The number of alkyl halides is 2. The second-order valence-electron chi connectivity index (χ2n) is 8.60. The van der Waals surface area contributed by atoms with Crippen molar-refractivity contribution < 1.29 is 23.1 Å². The van der Waals surface area contributed by atoms with Crippen molar-refractivity contribution in [3.63, 3.8) is 0 Å². The Balaban J connectivity index is 1.40. The van der Waals surface area contributed by atoms with Crippen LogP contribution in [0, 0.1) is 5.92 Å². The number of ether oxygens (including phenoxy) is 1. The molecule has 1 fully saturated rings. The average Bonchev–Trinajstić information content (AvgIpc) is 3.52. The summed E-state index contributed by atoms with van der Waals surface area (Å²) in [6.07, 6.45) is 1.68. The number of carbonyl (C=O) groups excluding carboxylic acids is 2. The van der Waals surface area contributed by atoms with E-state index in [2.05, 4.69) is 20.7 Å². The molecular weight excluding hydrogens is 546 g/mol. The highest BCUT2D eigenvalue weighted by Gasteiger charge is 2.50. The molecule has 0 saturated carbocycles. The molecule has 2 aromatic heterocycles. The monoisotopic (exact) mass is 566 g/mol. The van der Waals surface area contributed by atoms with Gasteiger partial charge in [-0.15, -0.1) is 11.3 Å². The smallest absolute Gasteiger partial charge is 0.333 e. The summed E-state index contributed by atoms with van der Waals surface area (Å²) in [4.78, 5) is 34.9. The van der Waals surface area contributed by atoms with Crippen LogP contribution in [0.1, 0.15) is 45.7 Å². The first kappa shape index (κ1) is 25.8. The second kappa shape index (κ2) is 10.5. The lowest BCUT2D eigenvalue weighted by Crippen LogP contribution is -2.50. The van der Waals surface area contributed by atoms with Crippen molar-refractivity contribution in [3.8, 4) is 0 Å². The number of rotatable bonds is 5. The molecule has 0 spiro atoms. The zero-order chi connectivity index (χ0) is 26.2. The molecule has 1 unspecified atom stereocenters. The Morgan fingerprint density at radius 1 is 1.24 bits per heavy atom. The van der Waals surface area contributed by atoms with Gasteiger partial charge in [-0.2, -0.15) is 13.9 Å². The van der Waals surface area contributed by atoms with Gasteiger partial charge in [0.25, 0.3) is 11.8 Å². The van der Waals surface area contributed by atoms with Crippen molar-refractivity contribution in [2.75, 3.05) is 17.7 Å². The maximum absolute atomic E-state index is 12.9. The topological polar surface area (TPSA) is 110 Å². The highest BCUT2D eigenvalue weighted by molar-refractivity contribution is 8.13. The molecule has 9 nitrogen and oxygen atoms in total. The van der Waals surface area contributed by atoms with E-state index in [9.17, 15) is 18.4 Å². The quantitative estimate of drug-likeness (QED) is 0.459. The molecule has 0 bridgehead atoms. The third kappa shape index (κ3) is 5.26. The summed E-state index contributed by atoms with van der Waals surface area (Å²) in [6, 6.07) is 8.85. The van der Waals surface area contributed by atoms with Gasteiger partial charge in [0.1, 0.15) is 16.4 Å². The molecule has 5 rings (SSSR count). The first-order valence-electron chi connectivity index (χ1n) is 11.3. The molecule has 0 aliphatic carbocycles. The Labute approximate surface area is 223 Å². The number of nitrogens with one attached hydrogen (secondary N) is 2. The van der Waals surface area contributed by atoms with Crippen molar-refractivity contribution in [3.05, 3.63) is 63.2 Å². The molecule has 3 atom stereocenters. The molecule has 2 aliphatic rings. The molecule has 2 N–H and O–H groups in total. The van der Waals surface area contributed by atoms with E-state index < -0.39 is 18.0 Å². The third-order valence-corrected chi connectivity index (χ3v) is 8.40. The summed E-state index contributed by atoms with van der Waals surface area (Å²) in [7, 11) is 0. The fraction of sp³-hybridized carbons (Fsp3) is 0.348. The van der Waals surface area contributed by atoms with Gasteiger partial charge in [-0.3, -0.25) is 9.59 Å². The Morgan fingerprint density at radius 2 is 2.03 bits per heavy atom. The van der Waals surface area contributed by atoms with Gasteiger partial charge in [-0.05, 0) is 25.5 Å². The minimum absolute atomic E-state index is 0.0422. The van der Waals surface area contributed by atoms with E-state index >= 15 is 0 Å². The molecule has 194 valence electrons. The predicted molar refractivity (Wildman–Crippen MR) is 138 cm³/mol. The number of aromatic nitrogens is 3. The van der Waals surface area contributed by atoms with Gasteiger partial charge < -0.3 is 15.4 Å². The van der Waals surface area contributed by atoms with Crippen molar-refractivity contribution in [2.45, 2.75) is 31.5 Å². The lowest BCUT2D eigenvalue weighted by molar-refractivity contribution is -0.0466. The van der Waals surface area contributed by atoms with Crippen LogP contribution in [0.5, 0.6) is 0 Å². The fourth-order valence-corrected chi connectivity index (χ4v) is 6.56. The number of thioether (sulfide) groups is 1. The molecule has 1 saturated heterocycles. The van der Waals surface area contributed by atoms with E-state index in [0.29, 0.717) is 26.2 Å². The zero-order valence-electron chi connectivity index (χ0n) is 19.4. The van der Waals surface area contributed by atoms with E-state index in [4.69, 9.17) is 21.3 Å². The summed E-state index contributed by atoms with van der Waals surface area (Å²) in [5, 5.41) is 11.5. The minimum atomic E-state index is -2.92. The SMILES string of the molecule is C[C@H]1C[C@H]2CSC(NC(=O)c3ccccc3)=NC2(c2nc(NC(=O)c3nn(C(F)F)cc3Cl)cs2)CO1. The first-order valence-corrected chi connectivity index (χ1v) is 13.5. The average molecular weight is 567 g/mol. The number of nitrogens with zero attached hydrogens (tertiary/aromatic N) is 4. The summed E-state index contributed by atoms with van der Waals surface area (Å²) in [6.45, 7) is -0.663. The molecule has 3 aromatic rings. The van der Waals surface area contributed by atoms with Gasteiger partial charge in [0, 0.05) is 22.6 Å². The van der Waals surface area contributed by atoms with Crippen molar-refractivity contribution in [2.24, 2.45) is 10.9 Å². The summed E-state index contributed by atoms with van der Waals surface area (Å²) < 4.78 is 32.1. The Kier molecular flexibility index (Phi) is 7.30. The highest BCUT2D eigenvalue weighted by Crippen LogP contribution is 2.47. The normalized spacial score (nSPS) is 23.3. The number of aliphatic imine (C=N–C) groups is 1. The lowest BCUT2D eigenvalue weighted by Gasteiger charge is -2.44. The number of hydrogen-bond acceptors (Lipinski definition) is 8.